The zero-order chi connectivity index (χ0) is 14.9. The quantitative estimate of drug-likeness (QED) is 0.789. The predicted octanol–water partition coefficient (Wildman–Crippen LogP) is 2.93. The first-order valence-electron chi connectivity index (χ1n) is 7.05. The highest BCUT2D eigenvalue weighted by atomic mass is 16.5. The number of amides is 1. The van der Waals surface area contributed by atoms with Gasteiger partial charge in [-0.15, -0.1) is 0 Å². The minimum Gasteiger partial charge on any atom is -0.476 e. The molecule has 0 saturated heterocycles. The molecule has 1 aromatic heterocycles. The Labute approximate surface area is 127 Å². The normalized spacial score (nSPS) is 14.4. The van der Waals surface area contributed by atoms with Crippen molar-refractivity contribution in [2.45, 2.75) is 6.54 Å². The molecule has 5 heteroatoms. The molecule has 1 N–H and O–H groups in total. The number of rotatable bonds is 2. The van der Waals surface area contributed by atoms with Crippen molar-refractivity contribution in [3.8, 4) is 5.75 Å². The highest BCUT2D eigenvalue weighted by Gasteiger charge is 2.20. The van der Waals surface area contributed by atoms with Crippen LogP contribution in [-0.4, -0.2) is 17.6 Å². The minimum atomic E-state index is -0.279. The topological polar surface area (TPSA) is 54.7 Å². The van der Waals surface area contributed by atoms with E-state index in [-0.39, 0.29) is 5.91 Å². The molecule has 1 amide bonds. The van der Waals surface area contributed by atoms with Gasteiger partial charge in [0, 0.05) is 10.9 Å². The Bertz CT molecular complexity index is 808. The van der Waals surface area contributed by atoms with E-state index in [1.165, 1.54) is 0 Å². The SMILES string of the molecule is O=C(NN1COc2ccccc2C1)c1cc2ccccc2o1. The lowest BCUT2D eigenvalue weighted by Crippen LogP contribution is -2.45. The highest BCUT2D eigenvalue weighted by molar-refractivity contribution is 5.95. The lowest BCUT2D eigenvalue weighted by molar-refractivity contribution is 0.0375. The second-order valence-corrected chi connectivity index (χ2v) is 5.17. The van der Waals surface area contributed by atoms with E-state index >= 15 is 0 Å². The lowest BCUT2D eigenvalue weighted by Gasteiger charge is -2.28. The fourth-order valence-electron chi connectivity index (χ4n) is 2.54. The van der Waals surface area contributed by atoms with Gasteiger partial charge in [-0.1, -0.05) is 36.4 Å². The van der Waals surface area contributed by atoms with Gasteiger partial charge in [-0.3, -0.25) is 10.2 Å². The van der Waals surface area contributed by atoms with Gasteiger partial charge < -0.3 is 9.15 Å². The highest BCUT2D eigenvalue weighted by Crippen LogP contribution is 2.23. The second kappa shape index (κ2) is 5.20. The molecule has 110 valence electrons. The molecule has 0 atom stereocenters. The Morgan fingerprint density at radius 2 is 1.91 bits per heavy atom. The number of furan rings is 1. The molecule has 0 bridgehead atoms. The van der Waals surface area contributed by atoms with Crippen LogP contribution in [0.1, 0.15) is 16.1 Å². The van der Waals surface area contributed by atoms with E-state index < -0.39 is 0 Å². The van der Waals surface area contributed by atoms with E-state index in [0.29, 0.717) is 24.6 Å². The van der Waals surface area contributed by atoms with Gasteiger partial charge in [0.15, 0.2) is 12.5 Å². The summed E-state index contributed by atoms with van der Waals surface area (Å²) in [4.78, 5) is 12.3. The van der Waals surface area contributed by atoms with Crippen molar-refractivity contribution in [2.75, 3.05) is 6.73 Å². The van der Waals surface area contributed by atoms with Gasteiger partial charge in [-0.05, 0) is 18.2 Å². The van der Waals surface area contributed by atoms with Crippen LogP contribution in [0.3, 0.4) is 0 Å². The average molecular weight is 294 g/mol. The molecule has 0 fully saturated rings. The zero-order valence-corrected chi connectivity index (χ0v) is 11.8. The molecule has 4 rings (SSSR count). The maximum Gasteiger partial charge on any atom is 0.301 e. The molecule has 1 aliphatic heterocycles. The monoisotopic (exact) mass is 294 g/mol. The zero-order valence-electron chi connectivity index (χ0n) is 11.8. The first-order chi connectivity index (χ1) is 10.8. The van der Waals surface area contributed by atoms with Gasteiger partial charge in [-0.2, -0.15) is 5.01 Å². The molecule has 2 heterocycles. The second-order valence-electron chi connectivity index (χ2n) is 5.17. The summed E-state index contributed by atoms with van der Waals surface area (Å²) in [6, 6.07) is 17.1. The molecule has 0 saturated carbocycles. The maximum absolute atomic E-state index is 12.3. The summed E-state index contributed by atoms with van der Waals surface area (Å²) in [5, 5.41) is 2.63. The van der Waals surface area contributed by atoms with E-state index in [9.17, 15) is 4.79 Å². The molecular formula is C17H14N2O3. The van der Waals surface area contributed by atoms with E-state index in [2.05, 4.69) is 5.43 Å². The van der Waals surface area contributed by atoms with Crippen molar-refractivity contribution < 1.29 is 13.9 Å². The van der Waals surface area contributed by atoms with Crippen LogP contribution in [-0.2, 0) is 6.54 Å². The molecule has 0 aliphatic carbocycles. The van der Waals surface area contributed by atoms with Gasteiger partial charge >= 0.3 is 5.91 Å². The number of nitrogens with zero attached hydrogens (tertiary/aromatic N) is 1. The lowest BCUT2D eigenvalue weighted by atomic mass is 10.2. The van der Waals surface area contributed by atoms with Crippen molar-refractivity contribution in [1.29, 1.82) is 0 Å². The number of hydrogen-bond acceptors (Lipinski definition) is 4. The molecule has 1 aliphatic rings. The molecule has 2 aromatic carbocycles. The van der Waals surface area contributed by atoms with Crippen molar-refractivity contribution in [3.05, 3.63) is 65.9 Å². The number of carbonyl (C=O) groups is 1. The summed E-state index contributed by atoms with van der Waals surface area (Å²) in [5.74, 6) is 0.871. The number of hydrogen-bond donors (Lipinski definition) is 1. The smallest absolute Gasteiger partial charge is 0.301 e. The standard InChI is InChI=1S/C17H14N2O3/c20-17(16-9-12-5-1-4-8-15(12)22-16)18-19-10-13-6-2-3-7-14(13)21-11-19/h1-9H,10-11H2,(H,18,20). The summed E-state index contributed by atoms with van der Waals surface area (Å²) < 4.78 is 11.2. The Morgan fingerprint density at radius 3 is 2.82 bits per heavy atom. The van der Waals surface area contributed by atoms with E-state index in [0.717, 1.165) is 16.7 Å². The molecule has 5 nitrogen and oxygen atoms in total. The fraction of sp³-hybridized carbons (Fsp3) is 0.118. The summed E-state index contributed by atoms with van der Waals surface area (Å²) >= 11 is 0. The van der Waals surface area contributed by atoms with Gasteiger partial charge in [0.25, 0.3) is 0 Å². The van der Waals surface area contributed by atoms with E-state index in [4.69, 9.17) is 9.15 Å². The third kappa shape index (κ3) is 2.31. The number of nitrogens with one attached hydrogen (secondary N) is 1. The van der Waals surface area contributed by atoms with Gasteiger partial charge in [-0.25, -0.2) is 0 Å². The maximum atomic E-state index is 12.3. The fourth-order valence-corrected chi connectivity index (χ4v) is 2.54. The molecular weight excluding hydrogens is 280 g/mol. The first kappa shape index (κ1) is 12.9. The predicted molar refractivity (Wildman–Crippen MR) is 81.2 cm³/mol. The Morgan fingerprint density at radius 1 is 1.09 bits per heavy atom. The third-order valence-electron chi connectivity index (χ3n) is 3.62. The summed E-state index contributed by atoms with van der Waals surface area (Å²) in [7, 11) is 0. The number of para-hydroxylation sites is 2. The van der Waals surface area contributed by atoms with Crippen LogP contribution < -0.4 is 10.2 Å². The van der Waals surface area contributed by atoms with E-state index in [1.807, 2.05) is 48.5 Å². The summed E-state index contributed by atoms with van der Waals surface area (Å²) in [6.45, 7) is 0.908. The summed E-state index contributed by atoms with van der Waals surface area (Å²) in [6.07, 6.45) is 0. The number of benzene rings is 2. The van der Waals surface area contributed by atoms with Crippen molar-refractivity contribution in [1.82, 2.24) is 10.4 Å². The van der Waals surface area contributed by atoms with Gasteiger partial charge in [0.05, 0.1) is 6.54 Å². The number of fused-ring (bicyclic) bond motifs is 2. The van der Waals surface area contributed by atoms with Crippen molar-refractivity contribution >= 4 is 16.9 Å². The largest absolute Gasteiger partial charge is 0.476 e. The Balaban J connectivity index is 1.50. The molecule has 0 radical (unpaired) electrons. The number of carbonyl (C=O) groups excluding carboxylic acids is 1. The number of ether oxygens (including phenoxy) is 1. The van der Waals surface area contributed by atoms with E-state index in [1.54, 1.807) is 11.1 Å². The first-order valence-corrected chi connectivity index (χ1v) is 7.05. The van der Waals surface area contributed by atoms with Gasteiger partial charge in [0.2, 0.25) is 0 Å². The Kier molecular flexibility index (Phi) is 3.05. The molecule has 22 heavy (non-hydrogen) atoms. The van der Waals surface area contributed by atoms with Crippen LogP contribution in [0.5, 0.6) is 5.75 Å². The van der Waals surface area contributed by atoms with Crippen molar-refractivity contribution in [2.24, 2.45) is 0 Å². The molecule has 0 unspecified atom stereocenters. The van der Waals surface area contributed by atoms with Gasteiger partial charge in [0.1, 0.15) is 11.3 Å². The molecule has 3 aromatic rings. The average Bonchev–Trinajstić information content (AvgIpc) is 2.99. The van der Waals surface area contributed by atoms with Crippen LogP contribution in [0.2, 0.25) is 0 Å². The van der Waals surface area contributed by atoms with Crippen LogP contribution in [0.25, 0.3) is 11.0 Å². The Hall–Kier alpha value is -2.79. The summed E-state index contributed by atoms with van der Waals surface area (Å²) in [5.41, 5.74) is 4.55. The van der Waals surface area contributed by atoms with Crippen LogP contribution in [0.4, 0.5) is 0 Å². The molecule has 0 spiro atoms. The van der Waals surface area contributed by atoms with Crippen LogP contribution >= 0.6 is 0 Å². The third-order valence-corrected chi connectivity index (χ3v) is 3.62. The van der Waals surface area contributed by atoms with Crippen molar-refractivity contribution in [3.63, 3.8) is 0 Å². The van der Waals surface area contributed by atoms with Crippen LogP contribution in [0, 0.1) is 0 Å². The van der Waals surface area contributed by atoms with Crippen LogP contribution in [0.15, 0.2) is 59.0 Å². The number of hydrazine groups is 1. The minimum absolute atomic E-state index is 0.279.